The van der Waals surface area contributed by atoms with Crippen LogP contribution in [-0.4, -0.2) is 55.5 Å². The highest BCUT2D eigenvalue weighted by molar-refractivity contribution is 9.10. The molecule has 0 unspecified atom stereocenters. The Morgan fingerprint density at radius 3 is 2.29 bits per heavy atom. The molecule has 38 heavy (non-hydrogen) atoms. The van der Waals surface area contributed by atoms with Gasteiger partial charge in [-0.2, -0.15) is 0 Å². The number of carboxylic acids is 1. The molecule has 0 radical (unpaired) electrons. The number of halogens is 1. The molecule has 2 amide bonds. The number of carbonyl (C=O) groups is 3. The van der Waals surface area contributed by atoms with Gasteiger partial charge in [0.05, 0.1) is 23.5 Å². The summed E-state index contributed by atoms with van der Waals surface area (Å²) in [4.78, 5) is 40.0. The molecule has 0 bridgehead atoms. The normalized spacial score (nSPS) is 13.7. The zero-order valence-corrected chi connectivity index (χ0v) is 23.0. The minimum absolute atomic E-state index is 0.0214. The molecule has 0 fully saturated rings. The maximum atomic E-state index is 13.2. The van der Waals surface area contributed by atoms with E-state index < -0.39 is 5.97 Å². The van der Waals surface area contributed by atoms with E-state index >= 15 is 0 Å². The van der Waals surface area contributed by atoms with Crippen LogP contribution in [-0.2, 0) is 20.8 Å². The van der Waals surface area contributed by atoms with Crippen LogP contribution in [0.1, 0.15) is 23.1 Å². The third-order valence-corrected chi connectivity index (χ3v) is 6.69. The number of hydrogen-bond acceptors (Lipinski definition) is 5. The lowest BCUT2D eigenvalue weighted by Crippen LogP contribution is -2.34. The number of aryl methyl sites for hydroxylation is 1. The summed E-state index contributed by atoms with van der Waals surface area (Å²) >= 11 is 3.46. The molecule has 0 aliphatic carbocycles. The van der Waals surface area contributed by atoms with Crippen LogP contribution in [0.25, 0.3) is 11.3 Å². The molecule has 0 atom stereocenters. The van der Waals surface area contributed by atoms with Crippen molar-refractivity contribution in [2.45, 2.75) is 12.8 Å². The van der Waals surface area contributed by atoms with E-state index in [2.05, 4.69) is 26.6 Å². The van der Waals surface area contributed by atoms with E-state index in [4.69, 9.17) is 5.11 Å². The first kappa shape index (κ1) is 27.1. The van der Waals surface area contributed by atoms with Crippen molar-refractivity contribution in [1.82, 2.24) is 4.90 Å². The maximum Gasteiger partial charge on any atom is 0.303 e. The summed E-state index contributed by atoms with van der Waals surface area (Å²) < 4.78 is 0.860. The van der Waals surface area contributed by atoms with Crippen molar-refractivity contribution in [2.75, 3.05) is 43.2 Å². The van der Waals surface area contributed by atoms with E-state index in [9.17, 15) is 14.4 Å². The fraction of sp³-hybridized carbons (Fsp3) is 0.207. The third-order valence-electron chi connectivity index (χ3n) is 6.20. The second-order valence-electron chi connectivity index (χ2n) is 9.35. The van der Waals surface area contributed by atoms with Gasteiger partial charge in [-0.15, -0.1) is 0 Å². The molecule has 9 heteroatoms. The number of benzene rings is 3. The lowest BCUT2D eigenvalue weighted by molar-refractivity contribution is -0.137. The summed E-state index contributed by atoms with van der Waals surface area (Å²) in [5.74, 6) is -1.09. The Labute approximate surface area is 230 Å². The van der Waals surface area contributed by atoms with E-state index in [0.717, 1.165) is 32.5 Å². The van der Waals surface area contributed by atoms with Crippen LogP contribution in [0.4, 0.5) is 17.1 Å². The molecule has 0 saturated carbocycles. The smallest absolute Gasteiger partial charge is 0.303 e. The molecule has 3 aromatic carbocycles. The van der Waals surface area contributed by atoms with Gasteiger partial charge in [0.25, 0.3) is 5.91 Å². The van der Waals surface area contributed by atoms with Crippen molar-refractivity contribution in [1.29, 1.82) is 0 Å². The number of anilines is 3. The Bertz CT molecular complexity index is 1400. The molecule has 3 N–H and O–H groups in total. The number of aliphatic carboxylic acids is 1. The van der Waals surface area contributed by atoms with Crippen molar-refractivity contribution >= 4 is 62.0 Å². The van der Waals surface area contributed by atoms with Gasteiger partial charge in [-0.25, -0.2) is 0 Å². The maximum absolute atomic E-state index is 13.2. The van der Waals surface area contributed by atoms with Gasteiger partial charge in [0.2, 0.25) is 5.91 Å². The van der Waals surface area contributed by atoms with Gasteiger partial charge in [-0.1, -0.05) is 46.3 Å². The van der Waals surface area contributed by atoms with Crippen LogP contribution in [0.2, 0.25) is 0 Å². The summed E-state index contributed by atoms with van der Waals surface area (Å²) in [6.45, 7) is 0.305. The van der Waals surface area contributed by atoms with Crippen molar-refractivity contribution in [3.05, 3.63) is 87.9 Å². The molecule has 1 heterocycles. The molecule has 0 spiro atoms. The number of fused-ring (bicyclic) bond motifs is 1. The quantitative estimate of drug-likeness (QED) is 0.312. The van der Waals surface area contributed by atoms with E-state index in [1.165, 1.54) is 0 Å². The number of hydrogen-bond donors (Lipinski definition) is 3. The molecule has 196 valence electrons. The number of rotatable bonds is 9. The van der Waals surface area contributed by atoms with Crippen molar-refractivity contribution in [3.63, 3.8) is 0 Å². The second kappa shape index (κ2) is 11.6. The van der Waals surface area contributed by atoms with Crippen molar-refractivity contribution < 1.29 is 19.5 Å². The highest BCUT2D eigenvalue weighted by Crippen LogP contribution is 2.39. The van der Waals surface area contributed by atoms with Gasteiger partial charge in [-0.3, -0.25) is 14.4 Å². The van der Waals surface area contributed by atoms with Gasteiger partial charge in [0, 0.05) is 34.9 Å². The summed E-state index contributed by atoms with van der Waals surface area (Å²) in [7, 11) is 5.44. The first-order valence-corrected chi connectivity index (χ1v) is 12.9. The van der Waals surface area contributed by atoms with Crippen LogP contribution in [0.5, 0.6) is 0 Å². The van der Waals surface area contributed by atoms with Crippen LogP contribution in [0, 0.1) is 0 Å². The van der Waals surface area contributed by atoms with E-state index in [0.29, 0.717) is 29.9 Å². The van der Waals surface area contributed by atoms with E-state index in [1.54, 1.807) is 11.9 Å². The number of amides is 2. The average Bonchev–Trinajstić information content (AvgIpc) is 3.20. The Morgan fingerprint density at radius 2 is 1.66 bits per heavy atom. The molecule has 0 saturated heterocycles. The number of carboxylic acid groups (broad SMARTS) is 1. The largest absolute Gasteiger partial charge is 0.481 e. The van der Waals surface area contributed by atoms with E-state index in [-0.39, 0.29) is 18.2 Å². The lowest BCUT2D eigenvalue weighted by Gasteiger charge is -2.20. The van der Waals surface area contributed by atoms with Crippen LogP contribution < -0.4 is 15.5 Å². The highest BCUT2D eigenvalue weighted by atomic mass is 79.9. The second-order valence-corrected chi connectivity index (χ2v) is 10.3. The standard InChI is InChI=1S/C29H29BrN4O4/c1-33(2)17-25(35)34(3)22-12-10-21(11-13-22)31-28(19-7-4-18(5-8-19)6-15-26(36)37)27-23-14-9-20(30)16-24(23)32-29(27)38/h4-5,7-14,16,31H,6,15,17H2,1-3H3,(H,32,38)(H,36,37). The molecule has 8 nitrogen and oxygen atoms in total. The Balaban J connectivity index is 1.70. The number of carbonyl (C=O) groups excluding carboxylic acids is 2. The first-order valence-electron chi connectivity index (χ1n) is 12.1. The molecule has 1 aliphatic heterocycles. The minimum Gasteiger partial charge on any atom is -0.481 e. The van der Waals surface area contributed by atoms with Gasteiger partial charge in [-0.05, 0) is 68.0 Å². The lowest BCUT2D eigenvalue weighted by atomic mass is 9.98. The van der Waals surface area contributed by atoms with Crippen LogP contribution in [0.3, 0.4) is 0 Å². The Morgan fingerprint density at radius 1 is 0.974 bits per heavy atom. The molecular formula is C29H29BrN4O4. The fourth-order valence-corrected chi connectivity index (χ4v) is 4.56. The predicted octanol–water partition coefficient (Wildman–Crippen LogP) is 4.92. The Kier molecular flexibility index (Phi) is 8.29. The first-order chi connectivity index (χ1) is 18.1. The van der Waals surface area contributed by atoms with Crippen LogP contribution >= 0.6 is 15.9 Å². The summed E-state index contributed by atoms with van der Waals surface area (Å²) in [6.07, 6.45) is 0.474. The average molecular weight is 577 g/mol. The topological polar surface area (TPSA) is 102 Å². The number of nitrogens with zero attached hydrogens (tertiary/aromatic N) is 2. The van der Waals surface area contributed by atoms with Crippen molar-refractivity contribution in [3.8, 4) is 0 Å². The SMILES string of the molecule is CN(C)CC(=O)N(C)c1ccc(NC(=C2C(=O)Nc3cc(Br)ccc32)c2ccc(CCC(=O)O)cc2)cc1. The predicted molar refractivity (Wildman–Crippen MR) is 154 cm³/mol. The third kappa shape index (κ3) is 6.30. The van der Waals surface area contributed by atoms with Crippen molar-refractivity contribution in [2.24, 2.45) is 0 Å². The monoisotopic (exact) mass is 576 g/mol. The molecule has 1 aliphatic rings. The van der Waals surface area contributed by atoms with Crippen LogP contribution in [0.15, 0.2) is 71.2 Å². The molecule has 4 rings (SSSR count). The summed E-state index contributed by atoms with van der Waals surface area (Å²) in [5.41, 5.74) is 5.81. The number of nitrogens with one attached hydrogen (secondary N) is 2. The fourth-order valence-electron chi connectivity index (χ4n) is 4.19. The van der Waals surface area contributed by atoms with Gasteiger partial charge in [0.15, 0.2) is 0 Å². The van der Waals surface area contributed by atoms with Gasteiger partial charge >= 0.3 is 5.97 Å². The molecule has 3 aromatic rings. The Hall–Kier alpha value is -3.95. The minimum atomic E-state index is -0.846. The van der Waals surface area contributed by atoms with Gasteiger partial charge < -0.3 is 25.5 Å². The molecular weight excluding hydrogens is 548 g/mol. The highest BCUT2D eigenvalue weighted by Gasteiger charge is 2.28. The molecule has 0 aromatic heterocycles. The zero-order chi connectivity index (χ0) is 27.4. The van der Waals surface area contributed by atoms with Gasteiger partial charge in [0.1, 0.15) is 0 Å². The number of likely N-dealkylation sites (N-methyl/N-ethyl adjacent to an activating group) is 2. The zero-order valence-electron chi connectivity index (χ0n) is 21.4. The van der Waals surface area contributed by atoms with E-state index in [1.807, 2.05) is 85.7 Å². The summed E-state index contributed by atoms with van der Waals surface area (Å²) in [5, 5.41) is 15.4. The summed E-state index contributed by atoms with van der Waals surface area (Å²) in [6, 6.07) is 20.6.